The Kier molecular flexibility index (Phi) is 5.31. The number of H-pyrrole nitrogens is 1. The molecule has 2 amide bonds. The van der Waals surface area contributed by atoms with Crippen LogP contribution in [0.2, 0.25) is 0 Å². The fraction of sp³-hybridized carbons (Fsp3) is 0.429. The number of methoxy groups -OCH3 is 1. The number of nitrogens with one attached hydrogen (secondary N) is 1. The number of rotatable bonds is 3. The molecule has 2 unspecified atom stereocenters. The standard InChI is InChI=1S/C28H31N3O3/c1-34-20-12-8-9-18(15-20)27-26-22(21-13-6-7-14-23(21)29-26)16-24-28(33)30(17-25(32)31(24)27)19-10-4-2-3-5-11-19/h6-9,12-15,19,24,27,29H,2-5,10-11,16-17H2,1H3. The second-order valence-electron chi connectivity index (χ2n) is 9.87. The van der Waals surface area contributed by atoms with E-state index in [9.17, 15) is 9.59 Å². The first-order chi connectivity index (χ1) is 16.7. The minimum absolute atomic E-state index is 0.0333. The number of hydrogen-bond donors (Lipinski definition) is 1. The Morgan fingerprint density at radius 1 is 0.971 bits per heavy atom. The molecule has 3 heterocycles. The van der Waals surface area contributed by atoms with E-state index in [1.807, 2.05) is 46.2 Å². The molecule has 6 heteroatoms. The van der Waals surface area contributed by atoms with Gasteiger partial charge >= 0.3 is 0 Å². The van der Waals surface area contributed by atoms with Crippen molar-refractivity contribution in [3.8, 4) is 5.75 Å². The van der Waals surface area contributed by atoms with Crippen LogP contribution in [0.5, 0.6) is 5.75 Å². The minimum Gasteiger partial charge on any atom is -0.497 e. The number of fused-ring (bicyclic) bond motifs is 4. The summed E-state index contributed by atoms with van der Waals surface area (Å²) in [5.41, 5.74) is 4.16. The van der Waals surface area contributed by atoms with E-state index in [1.54, 1.807) is 7.11 Å². The van der Waals surface area contributed by atoms with E-state index >= 15 is 0 Å². The molecule has 2 atom stereocenters. The summed E-state index contributed by atoms with van der Waals surface area (Å²) < 4.78 is 5.50. The number of ether oxygens (including phenoxy) is 1. The summed E-state index contributed by atoms with van der Waals surface area (Å²) in [6, 6.07) is 15.5. The van der Waals surface area contributed by atoms with Crippen molar-refractivity contribution < 1.29 is 14.3 Å². The second-order valence-corrected chi connectivity index (χ2v) is 9.87. The minimum atomic E-state index is -0.479. The first kappa shape index (κ1) is 21.3. The molecule has 6 nitrogen and oxygen atoms in total. The monoisotopic (exact) mass is 457 g/mol. The van der Waals surface area contributed by atoms with E-state index < -0.39 is 6.04 Å². The highest BCUT2D eigenvalue weighted by Gasteiger charge is 2.49. The summed E-state index contributed by atoms with van der Waals surface area (Å²) >= 11 is 0. The SMILES string of the molecule is COc1cccc(C2c3[nH]c4ccccc4c3CC3C(=O)N(C4CCCCCC4)CC(=O)N32)c1. The molecular formula is C28H31N3O3. The van der Waals surface area contributed by atoms with Gasteiger partial charge in [-0.3, -0.25) is 9.59 Å². The molecule has 2 aromatic carbocycles. The molecule has 34 heavy (non-hydrogen) atoms. The van der Waals surface area contributed by atoms with Crippen LogP contribution in [0, 0.1) is 0 Å². The van der Waals surface area contributed by atoms with Crippen LogP contribution in [0.15, 0.2) is 48.5 Å². The van der Waals surface area contributed by atoms with E-state index in [2.05, 4.69) is 17.1 Å². The zero-order valence-corrected chi connectivity index (χ0v) is 19.6. The number of aromatic nitrogens is 1. The van der Waals surface area contributed by atoms with Crippen LogP contribution in [0.1, 0.15) is 61.4 Å². The molecule has 3 aromatic rings. The Labute approximate surface area is 199 Å². The van der Waals surface area contributed by atoms with Crippen molar-refractivity contribution in [1.82, 2.24) is 14.8 Å². The third-order valence-electron chi connectivity index (χ3n) is 7.97. The number of nitrogens with zero attached hydrogens (tertiary/aromatic N) is 2. The summed E-state index contributed by atoms with van der Waals surface area (Å²) in [5.74, 6) is 0.884. The van der Waals surface area contributed by atoms with Crippen LogP contribution in [0.3, 0.4) is 0 Å². The van der Waals surface area contributed by atoms with Crippen molar-refractivity contribution in [3.63, 3.8) is 0 Å². The first-order valence-corrected chi connectivity index (χ1v) is 12.5. The number of carbonyl (C=O) groups excluding carboxylic acids is 2. The van der Waals surface area contributed by atoms with E-state index in [4.69, 9.17) is 4.74 Å². The zero-order valence-electron chi connectivity index (χ0n) is 19.6. The Hall–Kier alpha value is -3.28. The number of piperazine rings is 1. The van der Waals surface area contributed by atoms with Crippen molar-refractivity contribution in [1.29, 1.82) is 0 Å². The highest BCUT2D eigenvalue weighted by molar-refractivity contribution is 5.97. The van der Waals surface area contributed by atoms with E-state index in [0.29, 0.717) is 6.42 Å². The van der Waals surface area contributed by atoms with Gasteiger partial charge in [-0.1, -0.05) is 56.0 Å². The van der Waals surface area contributed by atoms with Crippen molar-refractivity contribution >= 4 is 22.7 Å². The Bertz CT molecular complexity index is 1240. The number of para-hydroxylation sites is 1. The maximum atomic E-state index is 14.0. The molecular weight excluding hydrogens is 426 g/mol. The van der Waals surface area contributed by atoms with Crippen LogP contribution in [-0.2, 0) is 16.0 Å². The Balaban J connectivity index is 1.47. The zero-order chi connectivity index (χ0) is 23.2. The molecule has 1 saturated heterocycles. The lowest BCUT2D eigenvalue weighted by Gasteiger charge is -2.48. The number of benzene rings is 2. The van der Waals surface area contributed by atoms with E-state index in [0.717, 1.165) is 59.2 Å². The van der Waals surface area contributed by atoms with Gasteiger partial charge in [-0.15, -0.1) is 0 Å². The fourth-order valence-electron chi connectivity index (χ4n) is 6.32. The molecule has 2 aliphatic heterocycles. The summed E-state index contributed by atoms with van der Waals surface area (Å²) in [5, 5.41) is 1.14. The molecule has 6 rings (SSSR count). The van der Waals surface area contributed by atoms with Gasteiger partial charge in [-0.05, 0) is 42.2 Å². The number of amides is 2. The average molecular weight is 458 g/mol. The number of aromatic amines is 1. The topological polar surface area (TPSA) is 65.6 Å². The smallest absolute Gasteiger partial charge is 0.246 e. The van der Waals surface area contributed by atoms with Gasteiger partial charge in [0, 0.05) is 29.1 Å². The van der Waals surface area contributed by atoms with Crippen LogP contribution >= 0.6 is 0 Å². The lowest BCUT2D eigenvalue weighted by molar-refractivity contribution is -0.161. The van der Waals surface area contributed by atoms with Crippen LogP contribution in [0.4, 0.5) is 0 Å². The molecule has 1 saturated carbocycles. The molecule has 3 aliphatic rings. The molecule has 2 fully saturated rings. The van der Waals surface area contributed by atoms with Gasteiger partial charge in [-0.25, -0.2) is 0 Å². The molecule has 0 bridgehead atoms. The third-order valence-corrected chi connectivity index (χ3v) is 7.97. The lowest BCUT2D eigenvalue weighted by Crippen LogP contribution is -2.64. The summed E-state index contributed by atoms with van der Waals surface area (Å²) in [6.07, 6.45) is 7.27. The first-order valence-electron chi connectivity index (χ1n) is 12.5. The molecule has 176 valence electrons. The third kappa shape index (κ3) is 3.39. The van der Waals surface area contributed by atoms with Gasteiger partial charge in [0.2, 0.25) is 11.8 Å². The maximum Gasteiger partial charge on any atom is 0.246 e. The van der Waals surface area contributed by atoms with Crippen molar-refractivity contribution in [2.45, 2.75) is 63.1 Å². The van der Waals surface area contributed by atoms with Gasteiger partial charge in [0.25, 0.3) is 0 Å². The van der Waals surface area contributed by atoms with E-state index in [-0.39, 0.29) is 30.4 Å². The normalized spacial score (nSPS) is 23.6. The van der Waals surface area contributed by atoms with Crippen molar-refractivity contribution in [3.05, 3.63) is 65.4 Å². The van der Waals surface area contributed by atoms with Gasteiger partial charge in [0.05, 0.1) is 13.2 Å². The summed E-state index contributed by atoms with van der Waals surface area (Å²) in [6.45, 7) is 0.177. The molecule has 0 spiro atoms. The fourth-order valence-corrected chi connectivity index (χ4v) is 6.32. The molecule has 1 N–H and O–H groups in total. The largest absolute Gasteiger partial charge is 0.497 e. The highest BCUT2D eigenvalue weighted by atomic mass is 16.5. The van der Waals surface area contributed by atoms with Crippen LogP contribution < -0.4 is 4.74 Å². The van der Waals surface area contributed by atoms with Gasteiger partial charge in [-0.2, -0.15) is 0 Å². The quantitative estimate of drug-likeness (QED) is 0.586. The number of hydrogen-bond acceptors (Lipinski definition) is 3. The molecule has 0 radical (unpaired) electrons. The Morgan fingerprint density at radius 3 is 2.56 bits per heavy atom. The highest BCUT2D eigenvalue weighted by Crippen LogP contribution is 2.43. The summed E-state index contributed by atoms with van der Waals surface area (Å²) in [7, 11) is 1.65. The second kappa shape index (κ2) is 8.49. The van der Waals surface area contributed by atoms with E-state index in [1.165, 1.54) is 12.8 Å². The van der Waals surface area contributed by atoms with Crippen molar-refractivity contribution in [2.24, 2.45) is 0 Å². The van der Waals surface area contributed by atoms with Crippen molar-refractivity contribution in [2.75, 3.05) is 13.7 Å². The molecule has 1 aromatic heterocycles. The van der Waals surface area contributed by atoms with Gasteiger partial charge < -0.3 is 19.5 Å². The molecule has 1 aliphatic carbocycles. The van der Waals surface area contributed by atoms with Gasteiger partial charge in [0.15, 0.2) is 0 Å². The number of carbonyl (C=O) groups is 2. The van der Waals surface area contributed by atoms with Gasteiger partial charge in [0.1, 0.15) is 18.3 Å². The lowest BCUT2D eigenvalue weighted by atomic mass is 9.85. The Morgan fingerprint density at radius 2 is 1.76 bits per heavy atom. The average Bonchev–Trinajstić information content (AvgIpc) is 3.02. The summed E-state index contributed by atoms with van der Waals surface area (Å²) in [4.78, 5) is 35.1. The predicted octanol–water partition coefficient (Wildman–Crippen LogP) is 4.58. The maximum absolute atomic E-state index is 14.0. The van der Waals surface area contributed by atoms with Crippen LogP contribution in [-0.4, -0.2) is 52.3 Å². The predicted molar refractivity (Wildman–Crippen MR) is 131 cm³/mol. The van der Waals surface area contributed by atoms with Crippen LogP contribution in [0.25, 0.3) is 10.9 Å².